The van der Waals surface area contributed by atoms with Gasteiger partial charge in [0.25, 0.3) is 0 Å². The van der Waals surface area contributed by atoms with Crippen molar-refractivity contribution in [1.29, 1.82) is 0 Å². The van der Waals surface area contributed by atoms with Crippen LogP contribution in [0.25, 0.3) is 0 Å². The Hall–Kier alpha value is -0.750. The van der Waals surface area contributed by atoms with Crippen LogP contribution >= 0.6 is 15.9 Å². The highest BCUT2D eigenvalue weighted by Crippen LogP contribution is 2.40. The SMILES string of the molecule is Cc1cc(O)c([C@@H](N)C(F)(F)F)c(C)c1Br. The van der Waals surface area contributed by atoms with E-state index in [1.165, 1.54) is 13.0 Å². The number of alkyl halides is 3. The van der Waals surface area contributed by atoms with Crippen LogP contribution in [-0.2, 0) is 0 Å². The first-order valence-electron chi connectivity index (χ1n) is 4.47. The fraction of sp³-hybridized carbons (Fsp3) is 0.400. The predicted octanol–water partition coefficient (Wildman–Crippen LogP) is 3.33. The van der Waals surface area contributed by atoms with Crippen LogP contribution in [-0.4, -0.2) is 11.3 Å². The maximum absolute atomic E-state index is 12.5. The van der Waals surface area contributed by atoms with E-state index in [1.54, 1.807) is 6.92 Å². The van der Waals surface area contributed by atoms with Gasteiger partial charge in [-0.25, -0.2) is 0 Å². The van der Waals surface area contributed by atoms with Gasteiger partial charge < -0.3 is 10.8 Å². The number of rotatable bonds is 1. The van der Waals surface area contributed by atoms with Crippen LogP contribution in [0.2, 0.25) is 0 Å². The van der Waals surface area contributed by atoms with E-state index >= 15 is 0 Å². The van der Waals surface area contributed by atoms with Crippen molar-refractivity contribution in [2.24, 2.45) is 5.73 Å². The molecule has 0 aliphatic heterocycles. The van der Waals surface area contributed by atoms with Crippen molar-refractivity contribution >= 4 is 15.9 Å². The summed E-state index contributed by atoms with van der Waals surface area (Å²) < 4.78 is 38.0. The average Bonchev–Trinajstić information content (AvgIpc) is 2.13. The normalized spacial score (nSPS) is 13.9. The Morgan fingerprint density at radius 1 is 1.38 bits per heavy atom. The summed E-state index contributed by atoms with van der Waals surface area (Å²) in [5.41, 5.74) is 5.77. The first-order valence-corrected chi connectivity index (χ1v) is 5.26. The van der Waals surface area contributed by atoms with Gasteiger partial charge in [-0.1, -0.05) is 15.9 Å². The molecule has 1 aromatic rings. The number of aromatic hydroxyl groups is 1. The molecule has 1 aromatic carbocycles. The van der Waals surface area contributed by atoms with E-state index in [4.69, 9.17) is 5.73 Å². The number of benzene rings is 1. The monoisotopic (exact) mass is 297 g/mol. The van der Waals surface area contributed by atoms with Crippen LogP contribution in [0.3, 0.4) is 0 Å². The topological polar surface area (TPSA) is 46.2 Å². The Bertz CT molecular complexity index is 418. The summed E-state index contributed by atoms with van der Waals surface area (Å²) >= 11 is 3.17. The Balaban J connectivity index is 3.40. The molecule has 3 N–H and O–H groups in total. The maximum atomic E-state index is 12.5. The minimum atomic E-state index is -4.57. The molecule has 0 aromatic heterocycles. The molecule has 0 unspecified atom stereocenters. The van der Waals surface area contributed by atoms with Gasteiger partial charge >= 0.3 is 6.18 Å². The molecule has 0 saturated carbocycles. The lowest BCUT2D eigenvalue weighted by molar-refractivity contribution is -0.149. The molecule has 0 radical (unpaired) electrons. The van der Waals surface area contributed by atoms with Crippen molar-refractivity contribution in [3.8, 4) is 5.75 Å². The van der Waals surface area contributed by atoms with Crippen LogP contribution in [0.4, 0.5) is 13.2 Å². The minimum Gasteiger partial charge on any atom is -0.508 e. The van der Waals surface area contributed by atoms with Crippen LogP contribution in [0.1, 0.15) is 22.7 Å². The highest BCUT2D eigenvalue weighted by Gasteiger charge is 2.40. The van der Waals surface area contributed by atoms with Gasteiger partial charge in [0.15, 0.2) is 0 Å². The lowest BCUT2D eigenvalue weighted by Gasteiger charge is -2.20. The van der Waals surface area contributed by atoms with Crippen LogP contribution in [0.5, 0.6) is 5.75 Å². The molecule has 1 atom stereocenters. The van der Waals surface area contributed by atoms with Crippen molar-refractivity contribution < 1.29 is 18.3 Å². The van der Waals surface area contributed by atoms with E-state index in [1.807, 2.05) is 0 Å². The summed E-state index contributed by atoms with van der Waals surface area (Å²) in [5, 5.41) is 9.53. The first kappa shape index (κ1) is 13.3. The molecule has 0 saturated heterocycles. The Morgan fingerprint density at radius 3 is 2.31 bits per heavy atom. The zero-order chi connectivity index (χ0) is 12.7. The molecular formula is C10H11BrF3NO. The van der Waals surface area contributed by atoms with Crippen molar-refractivity contribution in [3.05, 3.63) is 27.2 Å². The molecule has 1 rings (SSSR count). The third-order valence-electron chi connectivity index (χ3n) is 2.37. The first-order chi connectivity index (χ1) is 7.16. The van der Waals surface area contributed by atoms with Crippen molar-refractivity contribution in [1.82, 2.24) is 0 Å². The lowest BCUT2D eigenvalue weighted by atomic mass is 9.98. The fourth-order valence-corrected chi connectivity index (χ4v) is 1.84. The van der Waals surface area contributed by atoms with E-state index in [0.717, 1.165) is 0 Å². The van der Waals surface area contributed by atoms with Crippen molar-refractivity contribution in [3.63, 3.8) is 0 Å². The third kappa shape index (κ3) is 2.32. The summed E-state index contributed by atoms with van der Waals surface area (Å²) in [6.45, 7) is 3.16. The standard InChI is InChI=1S/C10H11BrF3NO/c1-4-3-6(16)7(5(2)8(4)11)9(15)10(12,13)14/h3,9,16H,15H2,1-2H3/t9-/m1/s1. The van der Waals surface area contributed by atoms with Crippen LogP contribution in [0.15, 0.2) is 10.5 Å². The zero-order valence-electron chi connectivity index (χ0n) is 8.69. The van der Waals surface area contributed by atoms with E-state index in [0.29, 0.717) is 15.6 Å². The van der Waals surface area contributed by atoms with E-state index in [-0.39, 0.29) is 5.56 Å². The van der Waals surface area contributed by atoms with E-state index in [9.17, 15) is 18.3 Å². The summed E-state index contributed by atoms with van der Waals surface area (Å²) in [6, 6.07) is -0.915. The van der Waals surface area contributed by atoms with Crippen LogP contribution < -0.4 is 5.73 Å². The average molecular weight is 298 g/mol. The molecule has 0 aliphatic carbocycles. The fourth-order valence-electron chi connectivity index (χ4n) is 1.51. The van der Waals surface area contributed by atoms with Crippen molar-refractivity contribution in [2.45, 2.75) is 26.1 Å². The van der Waals surface area contributed by atoms with Gasteiger partial charge in [0.2, 0.25) is 0 Å². The summed E-state index contributed by atoms with van der Waals surface area (Å²) in [6.07, 6.45) is -4.57. The molecule has 0 spiro atoms. The van der Waals surface area contributed by atoms with E-state index < -0.39 is 18.0 Å². The minimum absolute atomic E-state index is 0.287. The second kappa shape index (κ2) is 4.25. The van der Waals surface area contributed by atoms with Gasteiger partial charge in [0, 0.05) is 10.0 Å². The Morgan fingerprint density at radius 2 is 1.88 bits per heavy atom. The van der Waals surface area contributed by atoms with Gasteiger partial charge in [-0.2, -0.15) is 13.2 Å². The lowest BCUT2D eigenvalue weighted by Crippen LogP contribution is -2.29. The molecular weight excluding hydrogens is 287 g/mol. The summed E-state index contributed by atoms with van der Waals surface area (Å²) in [5.74, 6) is -0.428. The van der Waals surface area contributed by atoms with E-state index in [2.05, 4.69) is 15.9 Å². The number of phenols is 1. The highest BCUT2D eigenvalue weighted by molar-refractivity contribution is 9.10. The number of hydrogen-bond donors (Lipinski definition) is 2. The molecule has 0 bridgehead atoms. The molecule has 0 fully saturated rings. The summed E-state index contributed by atoms with van der Waals surface area (Å²) in [4.78, 5) is 0. The van der Waals surface area contributed by atoms with Crippen molar-refractivity contribution in [2.75, 3.05) is 0 Å². The molecule has 16 heavy (non-hydrogen) atoms. The second-order valence-corrected chi connectivity index (χ2v) is 4.38. The molecule has 90 valence electrons. The number of nitrogens with two attached hydrogens (primary N) is 1. The smallest absolute Gasteiger partial charge is 0.407 e. The predicted molar refractivity (Wildman–Crippen MR) is 58.3 cm³/mol. The highest BCUT2D eigenvalue weighted by atomic mass is 79.9. The Kier molecular flexibility index (Phi) is 3.54. The molecule has 0 heterocycles. The number of halogens is 4. The zero-order valence-corrected chi connectivity index (χ0v) is 10.3. The Labute approximate surface area is 99.4 Å². The maximum Gasteiger partial charge on any atom is 0.407 e. The third-order valence-corrected chi connectivity index (χ3v) is 3.59. The quantitative estimate of drug-likeness (QED) is 0.835. The van der Waals surface area contributed by atoms with Gasteiger partial charge in [-0.3, -0.25) is 0 Å². The van der Waals surface area contributed by atoms with Gasteiger partial charge in [0.05, 0.1) is 0 Å². The number of aryl methyl sites for hydroxylation is 1. The van der Waals surface area contributed by atoms with Gasteiger partial charge in [-0.05, 0) is 31.0 Å². The largest absolute Gasteiger partial charge is 0.508 e. The summed E-state index contributed by atoms with van der Waals surface area (Å²) in [7, 11) is 0. The number of phenolic OH excluding ortho intramolecular Hbond substituents is 1. The molecule has 0 aliphatic rings. The molecule has 0 amide bonds. The molecule has 6 heteroatoms. The van der Waals surface area contributed by atoms with Gasteiger partial charge in [0.1, 0.15) is 11.8 Å². The number of hydrogen-bond acceptors (Lipinski definition) is 2. The molecule has 2 nitrogen and oxygen atoms in total. The van der Waals surface area contributed by atoms with Gasteiger partial charge in [-0.15, -0.1) is 0 Å². The second-order valence-electron chi connectivity index (χ2n) is 3.58. The van der Waals surface area contributed by atoms with Crippen LogP contribution in [0, 0.1) is 13.8 Å².